The van der Waals surface area contributed by atoms with Crippen molar-refractivity contribution in [1.82, 2.24) is 0 Å². The van der Waals surface area contributed by atoms with E-state index in [1.54, 1.807) is 0 Å². The topological polar surface area (TPSA) is 46.3 Å². The third-order valence-corrected chi connectivity index (χ3v) is 4.72. The summed E-state index contributed by atoms with van der Waals surface area (Å²) in [5, 5.41) is 0. The average molecular weight is 309 g/mol. The number of anilines is 1. The SMILES string of the molecule is NCCN1C(=O)C2(CCCC2)c2cc(Br)ccc21. The second kappa shape index (κ2) is 4.35. The predicted molar refractivity (Wildman–Crippen MR) is 75.7 cm³/mol. The lowest BCUT2D eigenvalue weighted by molar-refractivity contribution is -0.123. The van der Waals surface area contributed by atoms with Crippen molar-refractivity contribution in [2.45, 2.75) is 31.1 Å². The number of hydrogen-bond acceptors (Lipinski definition) is 2. The van der Waals surface area contributed by atoms with Crippen LogP contribution in [0.3, 0.4) is 0 Å². The highest BCUT2D eigenvalue weighted by Gasteiger charge is 2.51. The number of carbonyl (C=O) groups is 1. The number of nitrogens with zero attached hydrogens (tertiary/aromatic N) is 1. The molecule has 3 nitrogen and oxygen atoms in total. The molecular formula is C14H17BrN2O. The number of carbonyl (C=O) groups excluding carboxylic acids is 1. The Morgan fingerprint density at radius 1 is 1.33 bits per heavy atom. The minimum Gasteiger partial charge on any atom is -0.329 e. The summed E-state index contributed by atoms with van der Waals surface area (Å²) in [6.07, 6.45) is 4.26. The zero-order valence-corrected chi connectivity index (χ0v) is 11.9. The molecular weight excluding hydrogens is 292 g/mol. The van der Waals surface area contributed by atoms with Gasteiger partial charge in [-0.05, 0) is 36.6 Å². The zero-order valence-electron chi connectivity index (χ0n) is 10.3. The van der Waals surface area contributed by atoms with Gasteiger partial charge in [-0.1, -0.05) is 28.8 Å². The Morgan fingerprint density at radius 3 is 2.72 bits per heavy atom. The monoisotopic (exact) mass is 308 g/mol. The maximum atomic E-state index is 12.7. The number of halogens is 1. The van der Waals surface area contributed by atoms with Gasteiger partial charge < -0.3 is 10.6 Å². The second-order valence-electron chi connectivity index (χ2n) is 5.20. The lowest BCUT2D eigenvalue weighted by atomic mass is 9.80. The molecule has 3 rings (SSSR count). The van der Waals surface area contributed by atoms with Crippen molar-refractivity contribution in [2.75, 3.05) is 18.0 Å². The third kappa shape index (κ3) is 1.55. The molecule has 1 aliphatic heterocycles. The lowest BCUT2D eigenvalue weighted by Crippen LogP contribution is -2.40. The van der Waals surface area contributed by atoms with E-state index in [0.717, 1.165) is 35.8 Å². The fourth-order valence-corrected chi connectivity index (χ4v) is 3.78. The summed E-state index contributed by atoms with van der Waals surface area (Å²) in [6, 6.07) is 6.17. The molecule has 2 aliphatic rings. The van der Waals surface area contributed by atoms with Crippen LogP contribution in [0.2, 0.25) is 0 Å². The average Bonchev–Trinajstić information content (AvgIpc) is 2.92. The fourth-order valence-electron chi connectivity index (χ4n) is 3.42. The van der Waals surface area contributed by atoms with Crippen LogP contribution in [0.5, 0.6) is 0 Å². The van der Waals surface area contributed by atoms with Crippen LogP contribution in [0.15, 0.2) is 22.7 Å². The van der Waals surface area contributed by atoms with Crippen molar-refractivity contribution in [3.63, 3.8) is 0 Å². The van der Waals surface area contributed by atoms with Crippen LogP contribution in [-0.2, 0) is 10.2 Å². The van der Waals surface area contributed by atoms with Crippen LogP contribution in [0.25, 0.3) is 0 Å². The number of amides is 1. The predicted octanol–water partition coefficient (Wildman–Crippen LogP) is 2.57. The maximum absolute atomic E-state index is 12.7. The van der Waals surface area contributed by atoms with Crippen LogP contribution in [0.1, 0.15) is 31.2 Å². The minimum absolute atomic E-state index is 0.256. The summed E-state index contributed by atoms with van der Waals surface area (Å²) in [4.78, 5) is 14.6. The molecule has 0 bridgehead atoms. The Hall–Kier alpha value is -0.870. The lowest BCUT2D eigenvalue weighted by Gasteiger charge is -2.23. The van der Waals surface area contributed by atoms with Crippen molar-refractivity contribution in [2.24, 2.45) is 5.73 Å². The van der Waals surface area contributed by atoms with Gasteiger partial charge in [-0.15, -0.1) is 0 Å². The smallest absolute Gasteiger partial charge is 0.237 e. The first kappa shape index (κ1) is 12.2. The van der Waals surface area contributed by atoms with E-state index in [1.165, 1.54) is 5.56 Å². The molecule has 1 spiro atoms. The first-order chi connectivity index (χ1) is 8.69. The molecule has 0 aromatic heterocycles. The van der Waals surface area contributed by atoms with E-state index in [0.29, 0.717) is 13.1 Å². The number of benzene rings is 1. The molecule has 0 atom stereocenters. The molecule has 0 saturated heterocycles. The van der Waals surface area contributed by atoms with Crippen LogP contribution in [-0.4, -0.2) is 19.0 Å². The molecule has 96 valence electrons. The molecule has 1 heterocycles. The van der Waals surface area contributed by atoms with Crippen LogP contribution in [0, 0.1) is 0 Å². The molecule has 0 radical (unpaired) electrons. The molecule has 1 amide bonds. The van der Waals surface area contributed by atoms with E-state index in [-0.39, 0.29) is 11.3 Å². The first-order valence-electron chi connectivity index (χ1n) is 6.51. The summed E-state index contributed by atoms with van der Waals surface area (Å²) >= 11 is 3.52. The molecule has 1 saturated carbocycles. The van der Waals surface area contributed by atoms with Crippen molar-refractivity contribution in [3.05, 3.63) is 28.2 Å². The quantitative estimate of drug-likeness (QED) is 0.912. The number of nitrogens with two attached hydrogens (primary N) is 1. The highest BCUT2D eigenvalue weighted by molar-refractivity contribution is 9.10. The van der Waals surface area contributed by atoms with Gasteiger partial charge in [0.15, 0.2) is 0 Å². The molecule has 1 fully saturated rings. The fraction of sp³-hybridized carbons (Fsp3) is 0.500. The molecule has 2 N–H and O–H groups in total. The van der Waals surface area contributed by atoms with Crippen LogP contribution < -0.4 is 10.6 Å². The highest BCUT2D eigenvalue weighted by atomic mass is 79.9. The standard InChI is InChI=1S/C14H17BrN2O/c15-10-3-4-12-11(9-10)14(5-1-2-6-14)13(18)17(12)8-7-16/h3-4,9H,1-2,5-8,16H2. The minimum atomic E-state index is -0.256. The Labute approximate surface area is 115 Å². The summed E-state index contributed by atoms with van der Waals surface area (Å²) in [7, 11) is 0. The van der Waals surface area contributed by atoms with Gasteiger partial charge in [-0.2, -0.15) is 0 Å². The van der Waals surface area contributed by atoms with E-state index in [1.807, 2.05) is 17.0 Å². The van der Waals surface area contributed by atoms with Crippen molar-refractivity contribution < 1.29 is 4.79 Å². The summed E-state index contributed by atoms with van der Waals surface area (Å²) < 4.78 is 1.05. The Bertz CT molecular complexity index is 495. The Kier molecular flexibility index (Phi) is 2.94. The first-order valence-corrected chi connectivity index (χ1v) is 7.30. The number of rotatable bonds is 2. The van der Waals surface area contributed by atoms with E-state index in [9.17, 15) is 4.79 Å². The van der Waals surface area contributed by atoms with Gasteiger partial charge in [-0.3, -0.25) is 4.79 Å². The Morgan fingerprint density at radius 2 is 2.06 bits per heavy atom. The van der Waals surface area contributed by atoms with Crippen molar-refractivity contribution in [3.8, 4) is 0 Å². The van der Waals surface area contributed by atoms with Gasteiger partial charge in [0.1, 0.15) is 0 Å². The van der Waals surface area contributed by atoms with Gasteiger partial charge >= 0.3 is 0 Å². The normalized spacial score (nSPS) is 20.8. The number of hydrogen-bond donors (Lipinski definition) is 1. The Balaban J connectivity index is 2.14. The molecule has 0 unspecified atom stereocenters. The van der Waals surface area contributed by atoms with Gasteiger partial charge in [-0.25, -0.2) is 0 Å². The summed E-state index contributed by atoms with van der Waals surface area (Å²) in [5.41, 5.74) is 7.65. The van der Waals surface area contributed by atoms with E-state index in [4.69, 9.17) is 5.73 Å². The largest absolute Gasteiger partial charge is 0.329 e. The van der Waals surface area contributed by atoms with E-state index >= 15 is 0 Å². The molecule has 18 heavy (non-hydrogen) atoms. The van der Waals surface area contributed by atoms with Crippen LogP contribution in [0.4, 0.5) is 5.69 Å². The summed E-state index contributed by atoms with van der Waals surface area (Å²) in [5.74, 6) is 0.263. The van der Waals surface area contributed by atoms with E-state index < -0.39 is 0 Å². The third-order valence-electron chi connectivity index (χ3n) is 4.23. The van der Waals surface area contributed by atoms with Gasteiger partial charge in [0.05, 0.1) is 5.41 Å². The highest BCUT2D eigenvalue weighted by Crippen LogP contribution is 2.51. The maximum Gasteiger partial charge on any atom is 0.237 e. The summed E-state index contributed by atoms with van der Waals surface area (Å²) in [6.45, 7) is 1.13. The van der Waals surface area contributed by atoms with Gasteiger partial charge in [0.25, 0.3) is 0 Å². The van der Waals surface area contributed by atoms with Crippen LogP contribution >= 0.6 is 15.9 Å². The van der Waals surface area contributed by atoms with Gasteiger partial charge in [0.2, 0.25) is 5.91 Å². The molecule has 1 aromatic rings. The molecule has 4 heteroatoms. The molecule has 1 aromatic carbocycles. The van der Waals surface area contributed by atoms with E-state index in [2.05, 4.69) is 22.0 Å². The number of fused-ring (bicyclic) bond motifs is 2. The zero-order chi connectivity index (χ0) is 12.8. The van der Waals surface area contributed by atoms with Gasteiger partial charge in [0, 0.05) is 23.2 Å². The van der Waals surface area contributed by atoms with Crippen molar-refractivity contribution >= 4 is 27.5 Å². The molecule has 1 aliphatic carbocycles. The second-order valence-corrected chi connectivity index (χ2v) is 6.11. The van der Waals surface area contributed by atoms with Crippen molar-refractivity contribution in [1.29, 1.82) is 0 Å².